The summed E-state index contributed by atoms with van der Waals surface area (Å²) in [5, 5.41) is 0. The van der Waals surface area contributed by atoms with Crippen LogP contribution in [0.3, 0.4) is 0 Å². The van der Waals surface area contributed by atoms with Crippen molar-refractivity contribution in [3.8, 4) is 11.8 Å². The van der Waals surface area contributed by atoms with Crippen LogP contribution in [0.25, 0.3) is 0 Å². The van der Waals surface area contributed by atoms with Gasteiger partial charge in [0, 0.05) is 11.3 Å². The minimum absolute atomic E-state index is 0.826. The van der Waals surface area contributed by atoms with E-state index in [9.17, 15) is 0 Å². The molecule has 0 saturated heterocycles. The van der Waals surface area contributed by atoms with Gasteiger partial charge in [-0.2, -0.15) is 0 Å². The highest BCUT2D eigenvalue weighted by atomic mass is 14.5. The van der Waals surface area contributed by atoms with Crippen molar-refractivity contribution in [2.75, 3.05) is 5.73 Å². The van der Waals surface area contributed by atoms with Crippen molar-refractivity contribution in [1.82, 2.24) is 0 Å². The lowest BCUT2D eigenvalue weighted by Crippen LogP contribution is -1.89. The fraction of sp³-hybridized carbons (Fsp3) is 0.467. The number of hydrogen-bond acceptors (Lipinski definition) is 1. The molecule has 90 valence electrons. The molecular weight excluding hydrogens is 194 g/mol. The maximum atomic E-state index is 5.64. The third kappa shape index (κ3) is 7.94. The first-order chi connectivity index (χ1) is 7.65. The normalized spacial score (nSPS) is 7.38. The van der Waals surface area contributed by atoms with Gasteiger partial charge in [-0.3, -0.25) is 0 Å². The Labute approximate surface area is 101 Å². The third-order valence-corrected chi connectivity index (χ3v) is 1.54. The lowest BCUT2D eigenvalue weighted by atomic mass is 10.1. The van der Waals surface area contributed by atoms with E-state index in [1.165, 1.54) is 6.42 Å². The zero-order chi connectivity index (χ0) is 13.0. The zero-order valence-electron chi connectivity index (χ0n) is 11.5. The maximum absolute atomic E-state index is 5.64. The van der Waals surface area contributed by atoms with Crippen LogP contribution in [0.2, 0.25) is 0 Å². The second-order valence-corrected chi connectivity index (χ2v) is 3.15. The summed E-state index contributed by atoms with van der Waals surface area (Å²) in [5.41, 5.74) is 8.58. The molecule has 0 radical (unpaired) electrons. The smallest absolute Gasteiger partial charge is 0.0344 e. The molecule has 1 heteroatoms. The molecule has 1 nitrogen and oxygen atoms in total. The van der Waals surface area contributed by atoms with Gasteiger partial charge < -0.3 is 5.73 Å². The number of benzene rings is 1. The Bertz CT molecular complexity index is 329. The van der Waals surface area contributed by atoms with E-state index in [0.717, 1.165) is 16.8 Å². The van der Waals surface area contributed by atoms with Gasteiger partial charge in [0.05, 0.1) is 0 Å². The number of nitrogen functional groups attached to an aromatic ring is 1. The standard InChI is InChI=1S/C10H11N.C3H8.C2H6/c1-3-4-9-5-6-10(11)8(2)7-9;1-3-2;1-2/h5-7H,11H2,1-2H3;3H2,1-2H3;1-2H3. The Kier molecular flexibility index (Phi) is 12.4. The maximum Gasteiger partial charge on any atom is 0.0344 e. The molecule has 2 N–H and O–H groups in total. The Hall–Kier alpha value is -1.42. The van der Waals surface area contributed by atoms with Gasteiger partial charge in [-0.1, -0.05) is 40.0 Å². The van der Waals surface area contributed by atoms with E-state index in [1.807, 2.05) is 45.9 Å². The number of nitrogens with two attached hydrogens (primary N) is 1. The van der Waals surface area contributed by atoms with Crippen LogP contribution in [0, 0.1) is 18.8 Å². The van der Waals surface area contributed by atoms with Gasteiger partial charge >= 0.3 is 0 Å². The van der Waals surface area contributed by atoms with Crippen molar-refractivity contribution >= 4 is 5.69 Å². The molecule has 1 rings (SSSR count). The predicted molar refractivity (Wildman–Crippen MR) is 75.5 cm³/mol. The Balaban J connectivity index is 0. The van der Waals surface area contributed by atoms with Gasteiger partial charge in [0.15, 0.2) is 0 Å². The van der Waals surface area contributed by atoms with E-state index in [1.54, 1.807) is 0 Å². The molecule has 0 saturated carbocycles. The molecule has 0 bridgehead atoms. The first kappa shape index (κ1) is 17.0. The Morgan fingerprint density at radius 2 is 1.69 bits per heavy atom. The largest absolute Gasteiger partial charge is 0.399 e. The van der Waals surface area contributed by atoms with E-state index in [2.05, 4.69) is 25.7 Å². The summed E-state index contributed by atoms with van der Waals surface area (Å²) >= 11 is 0. The summed E-state index contributed by atoms with van der Waals surface area (Å²) in [4.78, 5) is 0. The second-order valence-electron chi connectivity index (χ2n) is 3.15. The predicted octanol–water partition coefficient (Wildman–Crippen LogP) is 4.39. The molecule has 0 aliphatic carbocycles. The quantitative estimate of drug-likeness (QED) is 0.508. The van der Waals surface area contributed by atoms with Gasteiger partial charge in [-0.15, -0.1) is 5.92 Å². The van der Waals surface area contributed by atoms with Crippen molar-refractivity contribution in [1.29, 1.82) is 0 Å². The van der Waals surface area contributed by atoms with E-state index in [-0.39, 0.29) is 0 Å². The van der Waals surface area contributed by atoms with E-state index in [4.69, 9.17) is 5.73 Å². The number of rotatable bonds is 0. The van der Waals surface area contributed by atoms with Crippen molar-refractivity contribution in [2.24, 2.45) is 0 Å². The molecule has 16 heavy (non-hydrogen) atoms. The highest BCUT2D eigenvalue weighted by Crippen LogP contribution is 2.11. The Morgan fingerprint density at radius 3 is 2.06 bits per heavy atom. The first-order valence-electron chi connectivity index (χ1n) is 5.94. The average molecular weight is 219 g/mol. The molecule has 0 amide bonds. The van der Waals surface area contributed by atoms with E-state index in [0.29, 0.717) is 0 Å². The topological polar surface area (TPSA) is 26.0 Å². The highest BCUT2D eigenvalue weighted by molar-refractivity contribution is 5.51. The molecular formula is C15H25N. The number of hydrogen-bond donors (Lipinski definition) is 1. The van der Waals surface area contributed by atoms with Crippen LogP contribution >= 0.6 is 0 Å². The van der Waals surface area contributed by atoms with Crippen molar-refractivity contribution in [3.05, 3.63) is 29.3 Å². The van der Waals surface area contributed by atoms with Crippen LogP contribution in [0.5, 0.6) is 0 Å². The fourth-order valence-corrected chi connectivity index (χ4v) is 0.898. The summed E-state index contributed by atoms with van der Waals surface area (Å²) in [6.07, 6.45) is 1.25. The number of anilines is 1. The van der Waals surface area contributed by atoms with Gasteiger partial charge in [-0.05, 0) is 37.6 Å². The molecule has 0 fully saturated rings. The molecule has 0 aliphatic heterocycles. The van der Waals surface area contributed by atoms with Crippen molar-refractivity contribution < 1.29 is 0 Å². The van der Waals surface area contributed by atoms with Gasteiger partial charge in [0.1, 0.15) is 0 Å². The summed E-state index contributed by atoms with van der Waals surface area (Å²) in [6, 6.07) is 5.81. The molecule has 0 atom stereocenters. The SMILES string of the molecule is CC.CC#Cc1ccc(N)c(C)c1.CCC. The van der Waals surface area contributed by atoms with Gasteiger partial charge in [0.25, 0.3) is 0 Å². The zero-order valence-corrected chi connectivity index (χ0v) is 11.5. The molecule has 0 spiro atoms. The van der Waals surface area contributed by atoms with Crippen LogP contribution in [0.1, 0.15) is 52.2 Å². The molecule has 0 aliphatic rings. The lowest BCUT2D eigenvalue weighted by molar-refractivity contribution is 1.09. The van der Waals surface area contributed by atoms with Crippen LogP contribution in [0.4, 0.5) is 5.69 Å². The first-order valence-corrected chi connectivity index (χ1v) is 5.94. The van der Waals surface area contributed by atoms with Crippen LogP contribution in [0.15, 0.2) is 18.2 Å². The van der Waals surface area contributed by atoms with Crippen LogP contribution in [-0.2, 0) is 0 Å². The monoisotopic (exact) mass is 219 g/mol. The summed E-state index contributed by atoms with van der Waals surface area (Å²) in [7, 11) is 0. The highest BCUT2D eigenvalue weighted by Gasteiger charge is 1.92. The lowest BCUT2D eigenvalue weighted by Gasteiger charge is -1.98. The summed E-state index contributed by atoms with van der Waals surface area (Å²) in [6.45, 7) is 12.1. The summed E-state index contributed by atoms with van der Waals surface area (Å²) in [5.74, 6) is 5.81. The molecule has 0 aromatic heterocycles. The summed E-state index contributed by atoms with van der Waals surface area (Å²) < 4.78 is 0. The fourth-order valence-electron chi connectivity index (χ4n) is 0.898. The van der Waals surface area contributed by atoms with Gasteiger partial charge in [0.2, 0.25) is 0 Å². The van der Waals surface area contributed by atoms with Gasteiger partial charge in [-0.25, -0.2) is 0 Å². The molecule has 1 aromatic rings. The second kappa shape index (κ2) is 11.7. The average Bonchev–Trinajstić information content (AvgIpc) is 2.28. The Morgan fingerprint density at radius 1 is 1.19 bits per heavy atom. The molecule has 0 unspecified atom stereocenters. The molecule has 0 heterocycles. The van der Waals surface area contributed by atoms with Crippen LogP contribution in [-0.4, -0.2) is 0 Å². The molecule has 1 aromatic carbocycles. The third-order valence-electron chi connectivity index (χ3n) is 1.54. The van der Waals surface area contributed by atoms with Crippen molar-refractivity contribution in [3.63, 3.8) is 0 Å². The minimum atomic E-state index is 0.826. The minimum Gasteiger partial charge on any atom is -0.399 e. The van der Waals surface area contributed by atoms with E-state index < -0.39 is 0 Å². The van der Waals surface area contributed by atoms with E-state index >= 15 is 0 Å². The number of aryl methyl sites for hydroxylation is 1. The van der Waals surface area contributed by atoms with Crippen LogP contribution < -0.4 is 5.73 Å². The van der Waals surface area contributed by atoms with Crippen molar-refractivity contribution in [2.45, 2.75) is 48.0 Å².